The van der Waals surface area contributed by atoms with Gasteiger partial charge in [0.25, 0.3) is 5.24 Å². The van der Waals surface area contributed by atoms with E-state index in [1.165, 1.54) is 51.4 Å². The average Bonchev–Trinajstić information content (AvgIpc) is 2.70. The number of benzene rings is 1. The average molecular weight is 411 g/mol. The number of ether oxygens (including phenoxy) is 2. The molecule has 1 aromatic rings. The van der Waals surface area contributed by atoms with E-state index in [4.69, 9.17) is 21.1 Å². The quantitative estimate of drug-likeness (QED) is 0.173. The predicted molar refractivity (Wildman–Crippen MR) is 114 cm³/mol. The van der Waals surface area contributed by atoms with Crippen LogP contribution in [0.2, 0.25) is 0 Å². The number of unbranched alkanes of at least 4 members (excludes halogenated alkanes) is 9. The number of hydrogen-bond donors (Lipinski definition) is 0. The summed E-state index contributed by atoms with van der Waals surface area (Å²) in [6, 6.07) is 6.67. The molecule has 0 bridgehead atoms. The first-order valence-electron chi connectivity index (χ1n) is 10.7. The van der Waals surface area contributed by atoms with Crippen molar-refractivity contribution in [3.63, 3.8) is 0 Å². The molecule has 0 aliphatic rings. The third-order valence-electron chi connectivity index (χ3n) is 4.70. The highest BCUT2D eigenvalue weighted by molar-refractivity contribution is 6.64. The summed E-state index contributed by atoms with van der Waals surface area (Å²) in [6.45, 7) is 4.48. The molecule has 1 atom stereocenters. The topological polar surface area (TPSA) is 52.6 Å². The first-order valence-corrected chi connectivity index (χ1v) is 11.1. The Bertz CT molecular complexity index is 573. The minimum absolute atomic E-state index is 0.369. The zero-order valence-electron chi connectivity index (χ0n) is 17.4. The molecule has 0 radical (unpaired) electrons. The predicted octanol–water partition coefficient (Wildman–Crippen LogP) is 6.69. The molecule has 4 nitrogen and oxygen atoms in total. The second-order valence-electron chi connectivity index (χ2n) is 7.16. The Hall–Kier alpha value is -1.55. The standard InChI is InChI=1S/C23H35ClO4/c1-3-5-6-7-8-9-10-11-12-13-17-27-23(26)19-15-14-16-20(18-19)28-21(4-2)22(24)25/h14-16,18,21H,3-13,17H2,1-2H3. The van der Waals surface area contributed by atoms with E-state index in [1.807, 2.05) is 6.92 Å². The van der Waals surface area contributed by atoms with Crippen LogP contribution in [0.25, 0.3) is 0 Å². The summed E-state index contributed by atoms with van der Waals surface area (Å²) in [5.41, 5.74) is 0.418. The van der Waals surface area contributed by atoms with Crippen molar-refractivity contribution in [3.05, 3.63) is 29.8 Å². The second kappa shape index (κ2) is 15.4. The van der Waals surface area contributed by atoms with E-state index in [0.29, 0.717) is 24.3 Å². The van der Waals surface area contributed by atoms with Crippen molar-refractivity contribution in [2.75, 3.05) is 6.61 Å². The van der Waals surface area contributed by atoms with Crippen molar-refractivity contribution in [1.82, 2.24) is 0 Å². The first kappa shape index (κ1) is 24.5. The van der Waals surface area contributed by atoms with Crippen LogP contribution in [-0.2, 0) is 9.53 Å². The maximum atomic E-state index is 12.2. The van der Waals surface area contributed by atoms with Crippen LogP contribution >= 0.6 is 11.6 Å². The zero-order valence-corrected chi connectivity index (χ0v) is 18.1. The number of carbonyl (C=O) groups excluding carboxylic acids is 2. The molecule has 0 aliphatic carbocycles. The smallest absolute Gasteiger partial charge is 0.338 e. The summed E-state index contributed by atoms with van der Waals surface area (Å²) in [7, 11) is 0. The molecule has 0 aliphatic heterocycles. The van der Waals surface area contributed by atoms with Gasteiger partial charge >= 0.3 is 5.97 Å². The van der Waals surface area contributed by atoms with Crippen molar-refractivity contribution in [3.8, 4) is 5.75 Å². The van der Waals surface area contributed by atoms with Gasteiger partial charge in [0.2, 0.25) is 0 Å². The lowest BCUT2D eigenvalue weighted by Gasteiger charge is -2.14. The van der Waals surface area contributed by atoms with Gasteiger partial charge in [-0.15, -0.1) is 0 Å². The van der Waals surface area contributed by atoms with E-state index in [1.54, 1.807) is 24.3 Å². The van der Waals surface area contributed by atoms with Crippen LogP contribution in [0.4, 0.5) is 0 Å². The zero-order chi connectivity index (χ0) is 20.6. The van der Waals surface area contributed by atoms with Crippen molar-refractivity contribution in [1.29, 1.82) is 0 Å². The Kier molecular flexibility index (Phi) is 13.5. The Morgan fingerprint density at radius 2 is 1.54 bits per heavy atom. The molecule has 0 spiro atoms. The molecule has 1 aromatic carbocycles. The molecule has 1 unspecified atom stereocenters. The van der Waals surface area contributed by atoms with Gasteiger partial charge in [-0.05, 0) is 42.6 Å². The van der Waals surface area contributed by atoms with Crippen LogP contribution < -0.4 is 4.74 Å². The van der Waals surface area contributed by atoms with Crippen LogP contribution in [-0.4, -0.2) is 23.9 Å². The number of esters is 1. The lowest BCUT2D eigenvalue weighted by Crippen LogP contribution is -2.22. The van der Waals surface area contributed by atoms with Gasteiger partial charge < -0.3 is 9.47 Å². The van der Waals surface area contributed by atoms with Crippen LogP contribution in [0.1, 0.15) is 94.8 Å². The Balaban J connectivity index is 2.20. The lowest BCUT2D eigenvalue weighted by molar-refractivity contribution is -0.117. The molecule has 0 fully saturated rings. The minimum Gasteiger partial charge on any atom is -0.481 e. The van der Waals surface area contributed by atoms with Gasteiger partial charge in [-0.25, -0.2) is 4.79 Å². The molecule has 0 N–H and O–H groups in total. The maximum Gasteiger partial charge on any atom is 0.338 e. The largest absolute Gasteiger partial charge is 0.481 e. The lowest BCUT2D eigenvalue weighted by atomic mass is 10.1. The molecule has 1 rings (SSSR count). The second-order valence-corrected chi connectivity index (χ2v) is 7.54. The summed E-state index contributed by atoms with van der Waals surface area (Å²) in [5.74, 6) is 0.0702. The monoisotopic (exact) mass is 410 g/mol. The van der Waals surface area contributed by atoms with E-state index in [2.05, 4.69) is 6.92 Å². The summed E-state index contributed by atoms with van der Waals surface area (Å²) in [5, 5.41) is -0.545. The third kappa shape index (κ3) is 10.7. The Labute approximate surface area is 174 Å². The molecule has 0 saturated carbocycles. The van der Waals surface area contributed by atoms with Crippen molar-refractivity contribution in [2.45, 2.75) is 90.6 Å². The highest BCUT2D eigenvalue weighted by Crippen LogP contribution is 2.18. The van der Waals surface area contributed by atoms with E-state index < -0.39 is 11.3 Å². The molecule has 0 heterocycles. The van der Waals surface area contributed by atoms with E-state index in [9.17, 15) is 9.59 Å². The molecule has 0 saturated heterocycles. The van der Waals surface area contributed by atoms with Crippen molar-refractivity contribution < 1.29 is 19.1 Å². The summed E-state index contributed by atoms with van der Waals surface area (Å²) < 4.78 is 10.9. The van der Waals surface area contributed by atoms with Gasteiger partial charge in [0, 0.05) is 0 Å². The Morgan fingerprint density at radius 3 is 2.11 bits per heavy atom. The van der Waals surface area contributed by atoms with Crippen LogP contribution in [0, 0.1) is 0 Å². The van der Waals surface area contributed by atoms with Gasteiger partial charge in [0.05, 0.1) is 12.2 Å². The van der Waals surface area contributed by atoms with E-state index >= 15 is 0 Å². The number of halogens is 1. The van der Waals surface area contributed by atoms with Gasteiger partial charge in [-0.2, -0.15) is 0 Å². The molecular weight excluding hydrogens is 376 g/mol. The highest BCUT2D eigenvalue weighted by Gasteiger charge is 2.16. The Morgan fingerprint density at radius 1 is 0.929 bits per heavy atom. The summed E-state index contributed by atoms with van der Waals surface area (Å²) in [4.78, 5) is 23.5. The highest BCUT2D eigenvalue weighted by atomic mass is 35.5. The van der Waals surface area contributed by atoms with E-state index in [0.717, 1.165) is 12.8 Å². The molecule has 158 valence electrons. The van der Waals surface area contributed by atoms with Gasteiger partial charge in [-0.1, -0.05) is 77.7 Å². The van der Waals surface area contributed by atoms with E-state index in [-0.39, 0.29) is 5.97 Å². The molecule has 28 heavy (non-hydrogen) atoms. The van der Waals surface area contributed by atoms with Gasteiger partial charge in [0.15, 0.2) is 6.10 Å². The first-order chi connectivity index (χ1) is 13.6. The minimum atomic E-state index is -0.709. The van der Waals surface area contributed by atoms with Crippen LogP contribution in [0.3, 0.4) is 0 Å². The molecular formula is C23H35ClO4. The fourth-order valence-corrected chi connectivity index (χ4v) is 3.19. The SMILES string of the molecule is CCCCCCCCCCCCOC(=O)c1cccc(OC(CC)C(=O)Cl)c1. The fraction of sp³-hybridized carbons (Fsp3) is 0.652. The van der Waals surface area contributed by atoms with Crippen LogP contribution in [0.5, 0.6) is 5.75 Å². The molecule has 0 amide bonds. The molecule has 5 heteroatoms. The van der Waals surface area contributed by atoms with Crippen LogP contribution in [0.15, 0.2) is 24.3 Å². The normalized spacial score (nSPS) is 11.8. The summed E-state index contributed by atoms with van der Waals surface area (Å²) in [6.07, 6.45) is 12.2. The van der Waals surface area contributed by atoms with Crippen molar-refractivity contribution >= 4 is 22.8 Å². The number of carbonyl (C=O) groups is 2. The van der Waals surface area contributed by atoms with Gasteiger partial charge in [-0.3, -0.25) is 4.79 Å². The summed E-state index contributed by atoms with van der Waals surface area (Å²) >= 11 is 5.50. The third-order valence-corrected chi connectivity index (χ3v) is 4.95. The van der Waals surface area contributed by atoms with Crippen molar-refractivity contribution in [2.24, 2.45) is 0 Å². The van der Waals surface area contributed by atoms with Gasteiger partial charge in [0.1, 0.15) is 5.75 Å². The fourth-order valence-electron chi connectivity index (χ4n) is 2.99. The maximum absolute atomic E-state index is 12.2. The number of rotatable bonds is 16. The molecule has 0 aromatic heterocycles. The number of hydrogen-bond acceptors (Lipinski definition) is 4.